The lowest BCUT2D eigenvalue weighted by Crippen LogP contribution is -2.29. The molecule has 0 fully saturated rings. The number of rotatable bonds is 8. The van der Waals surface area contributed by atoms with E-state index in [0.717, 1.165) is 44.6 Å². The molecule has 0 radical (unpaired) electrons. The van der Waals surface area contributed by atoms with Gasteiger partial charge in [0.05, 0.1) is 6.61 Å². The van der Waals surface area contributed by atoms with Crippen LogP contribution in [-0.2, 0) is 0 Å². The van der Waals surface area contributed by atoms with E-state index in [4.69, 9.17) is 10.5 Å². The summed E-state index contributed by atoms with van der Waals surface area (Å²) in [5.41, 5.74) is 8.69. The molecule has 1 rings (SSSR count). The topological polar surface area (TPSA) is 35.2 Å². The second kappa shape index (κ2) is 7.54. The van der Waals surface area contributed by atoms with Gasteiger partial charge < -0.3 is 10.5 Å². The minimum absolute atomic E-state index is 0.311. The highest BCUT2D eigenvalue weighted by Gasteiger charge is 2.23. The predicted octanol–water partition coefficient (Wildman–Crippen LogP) is 4.23. The molecule has 0 amide bonds. The lowest BCUT2D eigenvalue weighted by molar-refractivity contribution is 0.213. The largest absolute Gasteiger partial charge is 0.493 e. The Bertz CT molecular complexity index is 375. The molecule has 108 valence electrons. The molecule has 0 heterocycles. The summed E-state index contributed by atoms with van der Waals surface area (Å²) in [5.74, 6) is 1.02. The molecule has 0 saturated carbocycles. The predicted molar refractivity (Wildman–Crippen MR) is 82.7 cm³/mol. The van der Waals surface area contributed by atoms with Crippen LogP contribution in [0.2, 0.25) is 0 Å². The normalized spacial score (nSPS) is 11.6. The Morgan fingerprint density at radius 3 is 2.42 bits per heavy atom. The van der Waals surface area contributed by atoms with Gasteiger partial charge in [-0.3, -0.25) is 0 Å². The third-order valence-corrected chi connectivity index (χ3v) is 4.39. The van der Waals surface area contributed by atoms with Crippen LogP contribution in [0.4, 0.5) is 0 Å². The Morgan fingerprint density at radius 2 is 1.84 bits per heavy atom. The van der Waals surface area contributed by atoms with E-state index in [2.05, 4.69) is 45.9 Å². The summed E-state index contributed by atoms with van der Waals surface area (Å²) in [7, 11) is 0. The van der Waals surface area contributed by atoms with Gasteiger partial charge in [-0.1, -0.05) is 26.0 Å². The summed E-state index contributed by atoms with van der Waals surface area (Å²) in [6.45, 7) is 10.2. The highest BCUT2D eigenvalue weighted by molar-refractivity contribution is 5.35. The Morgan fingerprint density at radius 1 is 1.16 bits per heavy atom. The second-order valence-electron chi connectivity index (χ2n) is 5.63. The van der Waals surface area contributed by atoms with Crippen molar-refractivity contribution >= 4 is 0 Å². The van der Waals surface area contributed by atoms with Gasteiger partial charge in [0, 0.05) is 0 Å². The van der Waals surface area contributed by atoms with E-state index in [9.17, 15) is 0 Å². The first-order valence-corrected chi connectivity index (χ1v) is 7.47. The first-order valence-electron chi connectivity index (χ1n) is 7.47. The lowest BCUT2D eigenvalue weighted by atomic mass is 9.78. The van der Waals surface area contributed by atoms with Crippen molar-refractivity contribution in [2.24, 2.45) is 11.1 Å². The molecule has 0 aliphatic heterocycles. The zero-order chi connectivity index (χ0) is 14.3. The molecule has 2 heteroatoms. The number of hydrogen-bond acceptors (Lipinski definition) is 2. The van der Waals surface area contributed by atoms with Gasteiger partial charge in [0.1, 0.15) is 5.75 Å². The van der Waals surface area contributed by atoms with E-state index >= 15 is 0 Å². The van der Waals surface area contributed by atoms with Crippen LogP contribution in [0.15, 0.2) is 18.2 Å². The van der Waals surface area contributed by atoms with Crippen molar-refractivity contribution in [2.75, 3.05) is 13.2 Å². The van der Waals surface area contributed by atoms with Crippen LogP contribution >= 0.6 is 0 Å². The summed E-state index contributed by atoms with van der Waals surface area (Å²) in [4.78, 5) is 0. The highest BCUT2D eigenvalue weighted by Crippen LogP contribution is 2.30. The van der Waals surface area contributed by atoms with E-state index in [-0.39, 0.29) is 0 Å². The molecular formula is C17H29NO. The van der Waals surface area contributed by atoms with Gasteiger partial charge in [0.2, 0.25) is 0 Å². The van der Waals surface area contributed by atoms with Crippen molar-refractivity contribution in [3.05, 3.63) is 29.3 Å². The third kappa shape index (κ3) is 4.54. The highest BCUT2D eigenvalue weighted by atomic mass is 16.5. The van der Waals surface area contributed by atoms with Gasteiger partial charge in [-0.2, -0.15) is 0 Å². The maximum absolute atomic E-state index is 5.93. The molecule has 19 heavy (non-hydrogen) atoms. The molecule has 0 aliphatic carbocycles. The van der Waals surface area contributed by atoms with Gasteiger partial charge >= 0.3 is 0 Å². The van der Waals surface area contributed by atoms with Crippen molar-refractivity contribution in [1.29, 1.82) is 0 Å². The molecule has 0 atom stereocenters. The fourth-order valence-corrected chi connectivity index (χ4v) is 2.49. The third-order valence-electron chi connectivity index (χ3n) is 4.39. The van der Waals surface area contributed by atoms with E-state index in [1.54, 1.807) is 0 Å². The van der Waals surface area contributed by atoms with Crippen molar-refractivity contribution < 1.29 is 4.74 Å². The summed E-state index contributed by atoms with van der Waals surface area (Å²) in [6, 6.07) is 6.36. The zero-order valence-corrected chi connectivity index (χ0v) is 13.0. The standard InChI is InChI=1S/C17H29NO/c1-5-17(6-2,13-18)10-7-11-19-16-12-14(3)8-9-15(16)4/h8-9,12H,5-7,10-11,13,18H2,1-4H3. The summed E-state index contributed by atoms with van der Waals surface area (Å²) in [6.07, 6.45) is 4.54. The maximum atomic E-state index is 5.93. The number of hydrogen-bond donors (Lipinski definition) is 1. The molecule has 0 aliphatic rings. The van der Waals surface area contributed by atoms with Crippen LogP contribution in [0.3, 0.4) is 0 Å². The van der Waals surface area contributed by atoms with E-state index in [1.807, 2.05) is 0 Å². The Labute approximate surface area is 118 Å². The first-order chi connectivity index (χ1) is 9.06. The smallest absolute Gasteiger partial charge is 0.122 e. The molecule has 0 bridgehead atoms. The average molecular weight is 263 g/mol. The Kier molecular flexibility index (Phi) is 6.36. The molecule has 0 unspecified atom stereocenters. The molecule has 2 nitrogen and oxygen atoms in total. The molecule has 1 aromatic carbocycles. The van der Waals surface area contributed by atoms with Crippen LogP contribution in [-0.4, -0.2) is 13.2 Å². The van der Waals surface area contributed by atoms with Crippen LogP contribution < -0.4 is 10.5 Å². The van der Waals surface area contributed by atoms with Crippen molar-refractivity contribution in [3.63, 3.8) is 0 Å². The van der Waals surface area contributed by atoms with Gasteiger partial charge in [0.15, 0.2) is 0 Å². The van der Waals surface area contributed by atoms with Crippen LogP contribution in [0.1, 0.15) is 50.7 Å². The average Bonchev–Trinajstić information content (AvgIpc) is 2.43. The van der Waals surface area contributed by atoms with Gasteiger partial charge in [0.25, 0.3) is 0 Å². The van der Waals surface area contributed by atoms with Crippen molar-refractivity contribution in [1.82, 2.24) is 0 Å². The monoisotopic (exact) mass is 263 g/mol. The quantitative estimate of drug-likeness (QED) is 0.712. The molecule has 0 spiro atoms. The SMILES string of the molecule is CCC(CC)(CN)CCCOc1cc(C)ccc1C. The molecule has 2 N–H and O–H groups in total. The van der Waals surface area contributed by atoms with E-state index < -0.39 is 0 Å². The summed E-state index contributed by atoms with van der Waals surface area (Å²) >= 11 is 0. The van der Waals surface area contributed by atoms with Crippen LogP contribution in [0.25, 0.3) is 0 Å². The van der Waals surface area contributed by atoms with E-state index in [1.165, 1.54) is 11.1 Å². The van der Waals surface area contributed by atoms with E-state index in [0.29, 0.717) is 5.41 Å². The number of benzene rings is 1. The molecule has 1 aromatic rings. The molecule has 0 aromatic heterocycles. The second-order valence-corrected chi connectivity index (χ2v) is 5.63. The van der Waals surface area contributed by atoms with Crippen LogP contribution in [0.5, 0.6) is 5.75 Å². The minimum Gasteiger partial charge on any atom is -0.493 e. The fraction of sp³-hybridized carbons (Fsp3) is 0.647. The van der Waals surface area contributed by atoms with Gasteiger partial charge in [-0.05, 0) is 68.7 Å². The Hall–Kier alpha value is -1.02. The first kappa shape index (κ1) is 16.0. The summed E-state index contributed by atoms with van der Waals surface area (Å²) in [5, 5.41) is 0. The van der Waals surface area contributed by atoms with Gasteiger partial charge in [-0.15, -0.1) is 0 Å². The maximum Gasteiger partial charge on any atom is 0.122 e. The van der Waals surface area contributed by atoms with Gasteiger partial charge in [-0.25, -0.2) is 0 Å². The minimum atomic E-state index is 0.311. The number of ether oxygens (including phenoxy) is 1. The Balaban J connectivity index is 2.44. The van der Waals surface area contributed by atoms with Crippen molar-refractivity contribution in [2.45, 2.75) is 53.4 Å². The van der Waals surface area contributed by atoms with Crippen LogP contribution in [0, 0.1) is 19.3 Å². The molecule has 0 saturated heterocycles. The number of aryl methyl sites for hydroxylation is 2. The fourth-order valence-electron chi connectivity index (χ4n) is 2.49. The number of nitrogens with two attached hydrogens (primary N) is 1. The molecular weight excluding hydrogens is 234 g/mol. The lowest BCUT2D eigenvalue weighted by Gasteiger charge is -2.30. The van der Waals surface area contributed by atoms with Crippen molar-refractivity contribution in [3.8, 4) is 5.75 Å². The summed E-state index contributed by atoms with van der Waals surface area (Å²) < 4.78 is 5.91. The zero-order valence-electron chi connectivity index (χ0n) is 13.0.